The number of hydrogen-bond acceptors (Lipinski definition) is 4. The fourth-order valence-electron chi connectivity index (χ4n) is 4.29. The topological polar surface area (TPSA) is 86.8 Å². The van der Waals surface area contributed by atoms with E-state index in [0.717, 1.165) is 40.4 Å². The highest BCUT2D eigenvalue weighted by Gasteiger charge is 2.33. The lowest BCUT2D eigenvalue weighted by Gasteiger charge is -2.33. The average Bonchev–Trinajstić information content (AvgIpc) is 2.92. The Morgan fingerprint density at radius 1 is 0.949 bits per heavy atom. The van der Waals surface area contributed by atoms with Crippen LogP contribution in [0.5, 0.6) is 0 Å². The molecule has 3 aromatic carbocycles. The van der Waals surface area contributed by atoms with Crippen LogP contribution in [0, 0.1) is 12.7 Å². The molecule has 0 aliphatic rings. The summed E-state index contributed by atoms with van der Waals surface area (Å²) in [7, 11) is -4.18. The second-order valence-corrected chi connectivity index (χ2v) is 11.2. The van der Waals surface area contributed by atoms with Gasteiger partial charge in [0.2, 0.25) is 11.8 Å². The number of hydrogen-bond donors (Lipinski definition) is 1. The third-order valence-electron chi connectivity index (χ3n) is 6.38. The lowest BCUT2D eigenvalue weighted by molar-refractivity contribution is -0.140. The quantitative estimate of drug-likeness (QED) is 0.300. The Kier molecular flexibility index (Phi) is 10.6. The van der Waals surface area contributed by atoms with Gasteiger partial charge in [-0.05, 0) is 61.7 Å². The van der Waals surface area contributed by atoms with E-state index in [-0.39, 0.29) is 23.0 Å². The van der Waals surface area contributed by atoms with Gasteiger partial charge in [-0.3, -0.25) is 13.9 Å². The Morgan fingerprint density at radius 2 is 1.64 bits per heavy atom. The van der Waals surface area contributed by atoms with Crippen molar-refractivity contribution in [3.8, 4) is 0 Å². The number of halogens is 1. The standard InChI is InChI=1S/C30H36FN3O4S/c1-4-6-19-32-30(36)28(5-2)33(21-24-12-10-11-23(3)20-24)29(35)22-34(26-17-15-25(31)16-18-26)39(37,38)27-13-8-7-9-14-27/h7-18,20,28H,4-6,19,21-22H2,1-3H3,(H,32,36)/t28-/m0/s1. The van der Waals surface area contributed by atoms with Crippen LogP contribution in [0.25, 0.3) is 0 Å². The van der Waals surface area contributed by atoms with Crippen LogP contribution in [0.15, 0.2) is 83.8 Å². The van der Waals surface area contributed by atoms with Gasteiger partial charge >= 0.3 is 0 Å². The number of benzene rings is 3. The van der Waals surface area contributed by atoms with Gasteiger partial charge in [-0.1, -0.05) is 68.3 Å². The van der Waals surface area contributed by atoms with Crippen molar-refractivity contribution in [2.45, 2.75) is 57.5 Å². The minimum absolute atomic E-state index is 0.00305. The van der Waals surface area contributed by atoms with Crippen molar-refractivity contribution < 1.29 is 22.4 Å². The molecule has 0 unspecified atom stereocenters. The molecule has 208 valence electrons. The van der Waals surface area contributed by atoms with E-state index < -0.39 is 34.3 Å². The minimum Gasteiger partial charge on any atom is -0.354 e. The van der Waals surface area contributed by atoms with Crippen molar-refractivity contribution in [3.05, 3.63) is 95.8 Å². The Balaban J connectivity index is 2.02. The molecule has 0 spiro atoms. The third-order valence-corrected chi connectivity index (χ3v) is 8.16. The van der Waals surface area contributed by atoms with E-state index in [1.807, 2.05) is 45.0 Å². The molecule has 3 rings (SSSR count). The van der Waals surface area contributed by atoms with Crippen LogP contribution in [0.4, 0.5) is 10.1 Å². The number of nitrogens with zero attached hydrogens (tertiary/aromatic N) is 2. The first-order valence-electron chi connectivity index (χ1n) is 13.1. The fraction of sp³-hybridized carbons (Fsp3) is 0.333. The highest BCUT2D eigenvalue weighted by Crippen LogP contribution is 2.25. The highest BCUT2D eigenvalue weighted by atomic mass is 32.2. The smallest absolute Gasteiger partial charge is 0.264 e. The number of nitrogens with one attached hydrogen (secondary N) is 1. The number of amides is 2. The van der Waals surface area contributed by atoms with Gasteiger partial charge < -0.3 is 10.2 Å². The second kappa shape index (κ2) is 13.9. The van der Waals surface area contributed by atoms with E-state index in [2.05, 4.69) is 5.32 Å². The molecule has 0 fully saturated rings. The first-order chi connectivity index (χ1) is 18.7. The molecule has 9 heteroatoms. The van der Waals surface area contributed by atoms with Gasteiger partial charge in [0, 0.05) is 13.1 Å². The first-order valence-corrected chi connectivity index (χ1v) is 14.6. The molecule has 0 aliphatic heterocycles. The van der Waals surface area contributed by atoms with Gasteiger partial charge in [-0.25, -0.2) is 12.8 Å². The van der Waals surface area contributed by atoms with Gasteiger partial charge in [0.1, 0.15) is 18.4 Å². The minimum atomic E-state index is -4.18. The van der Waals surface area contributed by atoms with E-state index in [1.165, 1.54) is 29.2 Å². The van der Waals surface area contributed by atoms with Crippen molar-refractivity contribution in [2.24, 2.45) is 0 Å². The molecule has 0 saturated heterocycles. The first kappa shape index (κ1) is 29.8. The predicted octanol–water partition coefficient (Wildman–Crippen LogP) is 5.05. The molecular weight excluding hydrogens is 517 g/mol. The maximum atomic E-state index is 14.0. The van der Waals surface area contributed by atoms with Crippen molar-refractivity contribution in [1.29, 1.82) is 0 Å². The van der Waals surface area contributed by atoms with E-state index >= 15 is 0 Å². The molecular formula is C30H36FN3O4S. The summed E-state index contributed by atoms with van der Waals surface area (Å²) in [5, 5.41) is 2.91. The number of aryl methyl sites for hydroxylation is 1. The van der Waals surface area contributed by atoms with Crippen molar-refractivity contribution >= 4 is 27.5 Å². The maximum absolute atomic E-state index is 14.0. The monoisotopic (exact) mass is 553 g/mol. The van der Waals surface area contributed by atoms with Crippen LogP contribution in [0.1, 0.15) is 44.2 Å². The Morgan fingerprint density at radius 3 is 2.26 bits per heavy atom. The van der Waals surface area contributed by atoms with Crippen molar-refractivity contribution in [2.75, 3.05) is 17.4 Å². The summed E-state index contributed by atoms with van der Waals surface area (Å²) in [5.41, 5.74) is 1.96. The Labute approximate surface area is 230 Å². The lowest BCUT2D eigenvalue weighted by atomic mass is 10.1. The van der Waals surface area contributed by atoms with Crippen LogP contribution in [0.3, 0.4) is 0 Å². The highest BCUT2D eigenvalue weighted by molar-refractivity contribution is 7.92. The largest absolute Gasteiger partial charge is 0.354 e. The summed E-state index contributed by atoms with van der Waals surface area (Å²) in [6.07, 6.45) is 2.06. The van der Waals surface area contributed by atoms with Crippen LogP contribution >= 0.6 is 0 Å². The molecule has 1 atom stereocenters. The lowest BCUT2D eigenvalue weighted by Crippen LogP contribution is -2.52. The maximum Gasteiger partial charge on any atom is 0.264 e. The van der Waals surface area contributed by atoms with Crippen LogP contribution in [-0.2, 0) is 26.2 Å². The number of rotatable bonds is 13. The van der Waals surface area contributed by atoms with Gasteiger partial charge in [-0.15, -0.1) is 0 Å². The molecule has 3 aromatic rings. The number of unbranched alkanes of at least 4 members (excludes halogenated alkanes) is 1. The zero-order chi connectivity index (χ0) is 28.4. The molecule has 0 saturated carbocycles. The second-order valence-electron chi connectivity index (χ2n) is 9.38. The van der Waals surface area contributed by atoms with Gasteiger partial charge in [0.15, 0.2) is 0 Å². The van der Waals surface area contributed by atoms with Gasteiger partial charge in [-0.2, -0.15) is 0 Å². The van der Waals surface area contributed by atoms with E-state index in [1.54, 1.807) is 18.2 Å². The molecule has 1 N–H and O–H groups in total. The zero-order valence-electron chi connectivity index (χ0n) is 22.6. The molecule has 0 bridgehead atoms. The summed E-state index contributed by atoms with van der Waals surface area (Å²) >= 11 is 0. The number of sulfonamides is 1. The summed E-state index contributed by atoms with van der Waals surface area (Å²) in [4.78, 5) is 28.6. The van der Waals surface area contributed by atoms with Crippen molar-refractivity contribution in [1.82, 2.24) is 10.2 Å². The van der Waals surface area contributed by atoms with Crippen molar-refractivity contribution in [3.63, 3.8) is 0 Å². The molecule has 7 nitrogen and oxygen atoms in total. The van der Waals surface area contributed by atoms with Gasteiger partial charge in [0.05, 0.1) is 10.6 Å². The van der Waals surface area contributed by atoms with Gasteiger partial charge in [0.25, 0.3) is 10.0 Å². The Hall–Kier alpha value is -3.72. The summed E-state index contributed by atoms with van der Waals surface area (Å²) in [5.74, 6) is -1.36. The number of anilines is 1. The van der Waals surface area contributed by atoms with Crippen LogP contribution in [0.2, 0.25) is 0 Å². The summed E-state index contributed by atoms with van der Waals surface area (Å²) in [6.45, 7) is 5.83. The molecule has 39 heavy (non-hydrogen) atoms. The molecule has 0 heterocycles. The van der Waals surface area contributed by atoms with Crippen LogP contribution < -0.4 is 9.62 Å². The van der Waals surface area contributed by atoms with Crippen LogP contribution in [-0.4, -0.2) is 44.3 Å². The molecule has 2 amide bonds. The average molecular weight is 554 g/mol. The zero-order valence-corrected chi connectivity index (χ0v) is 23.5. The normalized spacial score (nSPS) is 12.0. The van der Waals surface area contributed by atoms with E-state index in [0.29, 0.717) is 13.0 Å². The third kappa shape index (κ3) is 7.89. The Bertz CT molecular complexity index is 1350. The summed E-state index contributed by atoms with van der Waals surface area (Å²) < 4.78 is 42.1. The predicted molar refractivity (Wildman–Crippen MR) is 151 cm³/mol. The molecule has 0 aliphatic carbocycles. The fourth-order valence-corrected chi connectivity index (χ4v) is 5.72. The number of carbonyl (C=O) groups is 2. The molecule has 0 aromatic heterocycles. The van der Waals surface area contributed by atoms with E-state index in [9.17, 15) is 22.4 Å². The molecule has 0 radical (unpaired) electrons. The number of carbonyl (C=O) groups excluding carboxylic acids is 2. The SMILES string of the molecule is CCCCNC(=O)[C@H](CC)N(Cc1cccc(C)c1)C(=O)CN(c1ccc(F)cc1)S(=O)(=O)c1ccccc1. The van der Waals surface area contributed by atoms with E-state index in [4.69, 9.17) is 0 Å². The summed E-state index contributed by atoms with van der Waals surface area (Å²) in [6, 6.07) is 19.5.